The molecule has 19 heavy (non-hydrogen) atoms. The number of hydrogen-bond donors (Lipinski definition) is 1. The van der Waals surface area contributed by atoms with E-state index in [2.05, 4.69) is 4.98 Å². The van der Waals surface area contributed by atoms with Crippen molar-refractivity contribution in [2.45, 2.75) is 27.0 Å². The van der Waals surface area contributed by atoms with E-state index in [-0.39, 0.29) is 0 Å². The summed E-state index contributed by atoms with van der Waals surface area (Å²) in [5.41, 5.74) is 7.59. The maximum atomic E-state index is 5.77. The van der Waals surface area contributed by atoms with Crippen LogP contribution < -0.4 is 15.2 Å². The van der Waals surface area contributed by atoms with E-state index in [0.29, 0.717) is 19.8 Å². The van der Waals surface area contributed by atoms with E-state index in [9.17, 15) is 0 Å². The first-order chi connectivity index (χ1) is 9.22. The lowest BCUT2D eigenvalue weighted by atomic mass is 10.2. The van der Waals surface area contributed by atoms with Gasteiger partial charge >= 0.3 is 0 Å². The van der Waals surface area contributed by atoms with Gasteiger partial charge in [0.05, 0.1) is 17.3 Å². The third-order valence-electron chi connectivity index (χ3n) is 2.59. The fourth-order valence-electron chi connectivity index (χ4n) is 1.69. The number of rotatable bonds is 6. The van der Waals surface area contributed by atoms with Gasteiger partial charge in [-0.15, -0.1) is 11.3 Å². The minimum atomic E-state index is 0.451. The third kappa shape index (κ3) is 3.68. The summed E-state index contributed by atoms with van der Waals surface area (Å²) < 4.78 is 11.3. The van der Waals surface area contributed by atoms with E-state index in [4.69, 9.17) is 15.2 Å². The normalized spacial score (nSPS) is 10.5. The van der Waals surface area contributed by atoms with Gasteiger partial charge in [0.25, 0.3) is 0 Å². The minimum absolute atomic E-state index is 0.451. The van der Waals surface area contributed by atoms with Crippen LogP contribution in [0.2, 0.25) is 0 Å². The Balaban J connectivity index is 2.10. The quantitative estimate of drug-likeness (QED) is 0.882. The second-order valence-electron chi connectivity index (χ2n) is 4.06. The molecule has 0 unspecified atom stereocenters. The van der Waals surface area contributed by atoms with Crippen molar-refractivity contribution in [2.24, 2.45) is 5.73 Å². The monoisotopic (exact) mass is 278 g/mol. The number of ether oxygens (including phenoxy) is 2. The Morgan fingerprint density at radius 2 is 2.11 bits per heavy atom. The summed E-state index contributed by atoms with van der Waals surface area (Å²) in [5, 5.41) is 3.05. The van der Waals surface area contributed by atoms with Crippen LogP contribution in [0.25, 0.3) is 0 Å². The number of thiazole rings is 1. The Labute approximate surface area is 117 Å². The number of nitrogens with two attached hydrogens (primary N) is 1. The van der Waals surface area contributed by atoms with E-state index in [1.165, 1.54) is 0 Å². The smallest absolute Gasteiger partial charge is 0.161 e. The molecule has 5 heteroatoms. The minimum Gasteiger partial charge on any atom is -0.490 e. The van der Waals surface area contributed by atoms with Crippen LogP contribution in [0.1, 0.15) is 23.2 Å². The summed E-state index contributed by atoms with van der Waals surface area (Å²) in [6.07, 6.45) is 0. The molecule has 0 aliphatic heterocycles. The summed E-state index contributed by atoms with van der Waals surface area (Å²) in [4.78, 5) is 4.37. The van der Waals surface area contributed by atoms with Crippen molar-refractivity contribution in [3.63, 3.8) is 0 Å². The molecule has 102 valence electrons. The van der Waals surface area contributed by atoms with Crippen LogP contribution in [0, 0.1) is 6.92 Å². The number of nitrogens with zero attached hydrogens (tertiary/aromatic N) is 1. The van der Waals surface area contributed by atoms with Crippen LogP contribution in [0.5, 0.6) is 11.5 Å². The number of benzene rings is 1. The lowest BCUT2D eigenvalue weighted by Gasteiger charge is -2.12. The van der Waals surface area contributed by atoms with Crippen molar-refractivity contribution in [2.75, 3.05) is 6.61 Å². The zero-order valence-corrected chi connectivity index (χ0v) is 12.0. The molecule has 0 radical (unpaired) electrons. The molecule has 2 aromatic rings. The molecule has 4 nitrogen and oxygen atoms in total. The van der Waals surface area contributed by atoms with Gasteiger partial charge in [-0.25, -0.2) is 4.98 Å². The predicted octanol–water partition coefficient (Wildman–Crippen LogP) is 2.89. The number of aryl methyl sites for hydroxylation is 1. The lowest BCUT2D eigenvalue weighted by molar-refractivity contribution is 0.266. The predicted molar refractivity (Wildman–Crippen MR) is 76.7 cm³/mol. The molecule has 0 fully saturated rings. The number of hydrogen-bond acceptors (Lipinski definition) is 5. The maximum Gasteiger partial charge on any atom is 0.161 e. The molecule has 0 saturated carbocycles. The van der Waals surface area contributed by atoms with Crippen LogP contribution in [0.3, 0.4) is 0 Å². The second kappa shape index (κ2) is 6.54. The van der Waals surface area contributed by atoms with E-state index < -0.39 is 0 Å². The first kappa shape index (κ1) is 13.8. The van der Waals surface area contributed by atoms with E-state index in [0.717, 1.165) is 27.8 Å². The molecule has 0 aliphatic rings. The second-order valence-corrected chi connectivity index (χ2v) is 5.13. The van der Waals surface area contributed by atoms with Gasteiger partial charge in [-0.3, -0.25) is 0 Å². The summed E-state index contributed by atoms with van der Waals surface area (Å²) in [6, 6.07) is 5.77. The molecule has 2 N–H and O–H groups in total. The van der Waals surface area contributed by atoms with Crippen molar-refractivity contribution in [1.82, 2.24) is 4.98 Å². The molecule has 1 aromatic carbocycles. The lowest BCUT2D eigenvalue weighted by Crippen LogP contribution is -2.02. The van der Waals surface area contributed by atoms with Crippen LogP contribution in [0.4, 0.5) is 0 Å². The Kier molecular flexibility index (Phi) is 4.76. The van der Waals surface area contributed by atoms with Gasteiger partial charge in [0.1, 0.15) is 6.61 Å². The van der Waals surface area contributed by atoms with Gasteiger partial charge in [-0.1, -0.05) is 6.07 Å². The fourth-order valence-corrected chi connectivity index (χ4v) is 2.29. The standard InChI is InChI=1S/C14H18N2O2S/c1-3-17-14-6-11(7-15)4-5-13(14)18-8-12-9-19-10(2)16-12/h4-6,9H,3,7-8,15H2,1-2H3. The van der Waals surface area contributed by atoms with Gasteiger partial charge in [0, 0.05) is 11.9 Å². The maximum absolute atomic E-state index is 5.77. The van der Waals surface area contributed by atoms with Gasteiger partial charge < -0.3 is 15.2 Å². The highest BCUT2D eigenvalue weighted by Gasteiger charge is 2.07. The van der Waals surface area contributed by atoms with E-state index >= 15 is 0 Å². The van der Waals surface area contributed by atoms with Crippen molar-refractivity contribution < 1.29 is 9.47 Å². The zero-order chi connectivity index (χ0) is 13.7. The molecule has 2 rings (SSSR count). The van der Waals surface area contributed by atoms with Crippen LogP contribution >= 0.6 is 11.3 Å². The first-order valence-corrected chi connectivity index (χ1v) is 7.10. The molecule has 0 saturated heterocycles. The molecule has 0 aliphatic carbocycles. The highest BCUT2D eigenvalue weighted by atomic mass is 32.1. The molecule has 0 spiro atoms. The van der Waals surface area contributed by atoms with Gasteiger partial charge in [-0.2, -0.15) is 0 Å². The van der Waals surface area contributed by atoms with Crippen molar-refractivity contribution in [1.29, 1.82) is 0 Å². The summed E-state index contributed by atoms with van der Waals surface area (Å²) in [5.74, 6) is 1.46. The van der Waals surface area contributed by atoms with Gasteiger partial charge in [-0.05, 0) is 31.5 Å². The molecular formula is C14H18N2O2S. The highest BCUT2D eigenvalue weighted by Crippen LogP contribution is 2.29. The van der Waals surface area contributed by atoms with Crippen LogP contribution in [-0.2, 0) is 13.2 Å². The van der Waals surface area contributed by atoms with E-state index in [1.807, 2.05) is 37.4 Å². The molecule has 1 heterocycles. The number of aromatic nitrogens is 1. The SMILES string of the molecule is CCOc1cc(CN)ccc1OCc1csc(C)n1. The largest absolute Gasteiger partial charge is 0.490 e. The average molecular weight is 278 g/mol. The Morgan fingerprint density at radius 3 is 2.74 bits per heavy atom. The van der Waals surface area contributed by atoms with Crippen molar-refractivity contribution in [3.8, 4) is 11.5 Å². The first-order valence-electron chi connectivity index (χ1n) is 6.22. The Bertz CT molecular complexity index is 540. The molecule has 0 amide bonds. The van der Waals surface area contributed by atoms with Gasteiger partial charge in [0.2, 0.25) is 0 Å². The summed E-state index contributed by atoms with van der Waals surface area (Å²) in [6.45, 7) is 5.47. The third-order valence-corrected chi connectivity index (χ3v) is 3.41. The van der Waals surface area contributed by atoms with Crippen molar-refractivity contribution >= 4 is 11.3 Å². The van der Waals surface area contributed by atoms with Crippen LogP contribution in [-0.4, -0.2) is 11.6 Å². The van der Waals surface area contributed by atoms with Crippen molar-refractivity contribution in [3.05, 3.63) is 39.8 Å². The summed E-state index contributed by atoms with van der Waals surface area (Å²) in [7, 11) is 0. The fraction of sp³-hybridized carbons (Fsp3) is 0.357. The molecule has 1 aromatic heterocycles. The zero-order valence-electron chi connectivity index (χ0n) is 11.2. The van der Waals surface area contributed by atoms with Crippen LogP contribution in [0.15, 0.2) is 23.6 Å². The Morgan fingerprint density at radius 1 is 1.26 bits per heavy atom. The highest BCUT2D eigenvalue weighted by molar-refractivity contribution is 7.09. The topological polar surface area (TPSA) is 57.4 Å². The average Bonchev–Trinajstić information content (AvgIpc) is 2.83. The molecule has 0 atom stereocenters. The van der Waals surface area contributed by atoms with Gasteiger partial charge in [0.15, 0.2) is 11.5 Å². The molecular weight excluding hydrogens is 260 g/mol. The summed E-state index contributed by atoms with van der Waals surface area (Å²) >= 11 is 1.62. The molecule has 0 bridgehead atoms. The Hall–Kier alpha value is -1.59. The van der Waals surface area contributed by atoms with E-state index in [1.54, 1.807) is 11.3 Å².